The Morgan fingerprint density at radius 3 is 2.82 bits per heavy atom. The van der Waals surface area contributed by atoms with E-state index < -0.39 is 0 Å². The SMILES string of the molecule is C=CCC1C=CC(NC)CC1. The van der Waals surface area contributed by atoms with E-state index in [9.17, 15) is 0 Å². The summed E-state index contributed by atoms with van der Waals surface area (Å²) >= 11 is 0. The zero-order chi connectivity index (χ0) is 8.10. The third-order valence-electron chi connectivity index (χ3n) is 2.30. The van der Waals surface area contributed by atoms with E-state index in [1.165, 1.54) is 12.8 Å². The Morgan fingerprint density at radius 2 is 2.36 bits per heavy atom. The van der Waals surface area contributed by atoms with E-state index in [2.05, 4.69) is 24.0 Å². The van der Waals surface area contributed by atoms with E-state index in [0.717, 1.165) is 12.3 Å². The zero-order valence-corrected chi connectivity index (χ0v) is 7.22. The summed E-state index contributed by atoms with van der Waals surface area (Å²) in [6.45, 7) is 3.74. The molecule has 11 heavy (non-hydrogen) atoms. The number of allylic oxidation sites excluding steroid dienone is 2. The van der Waals surface area contributed by atoms with E-state index in [4.69, 9.17) is 0 Å². The summed E-state index contributed by atoms with van der Waals surface area (Å²) in [6.07, 6.45) is 10.3. The predicted octanol–water partition coefficient (Wildman–Crippen LogP) is 2.12. The quantitative estimate of drug-likeness (QED) is 0.609. The normalized spacial score (nSPS) is 30.3. The Balaban J connectivity index is 2.35. The molecule has 0 heterocycles. The highest BCUT2D eigenvalue weighted by Gasteiger charge is 2.12. The molecule has 0 aromatic rings. The molecule has 0 bridgehead atoms. The number of nitrogens with one attached hydrogen (secondary N) is 1. The fraction of sp³-hybridized carbons (Fsp3) is 0.600. The Kier molecular flexibility index (Phi) is 3.37. The number of hydrogen-bond donors (Lipinski definition) is 1. The lowest BCUT2D eigenvalue weighted by Crippen LogP contribution is -2.26. The van der Waals surface area contributed by atoms with Crippen LogP contribution in [0.25, 0.3) is 0 Å². The molecule has 2 atom stereocenters. The molecule has 1 aliphatic rings. The number of hydrogen-bond acceptors (Lipinski definition) is 1. The molecule has 1 rings (SSSR count). The largest absolute Gasteiger partial charge is 0.314 e. The first kappa shape index (κ1) is 8.54. The van der Waals surface area contributed by atoms with Gasteiger partial charge < -0.3 is 5.32 Å². The minimum atomic E-state index is 0.607. The molecular weight excluding hydrogens is 134 g/mol. The Morgan fingerprint density at radius 1 is 1.55 bits per heavy atom. The van der Waals surface area contributed by atoms with Crippen LogP contribution in [-0.2, 0) is 0 Å². The van der Waals surface area contributed by atoms with Crippen molar-refractivity contribution in [3.63, 3.8) is 0 Å². The molecule has 0 fully saturated rings. The van der Waals surface area contributed by atoms with Crippen molar-refractivity contribution < 1.29 is 0 Å². The first-order chi connectivity index (χ1) is 5.36. The molecule has 0 radical (unpaired) electrons. The van der Waals surface area contributed by atoms with Gasteiger partial charge >= 0.3 is 0 Å². The average Bonchev–Trinajstić information content (AvgIpc) is 2.07. The Hall–Kier alpha value is -0.560. The van der Waals surface area contributed by atoms with Crippen LogP contribution >= 0.6 is 0 Å². The van der Waals surface area contributed by atoms with Gasteiger partial charge in [-0.2, -0.15) is 0 Å². The fourth-order valence-electron chi connectivity index (χ4n) is 1.53. The second kappa shape index (κ2) is 4.35. The van der Waals surface area contributed by atoms with E-state index in [0.29, 0.717) is 6.04 Å². The summed E-state index contributed by atoms with van der Waals surface area (Å²) in [6, 6.07) is 0.607. The van der Waals surface area contributed by atoms with Crippen LogP contribution in [0.3, 0.4) is 0 Å². The van der Waals surface area contributed by atoms with Crippen LogP contribution < -0.4 is 5.32 Å². The summed E-state index contributed by atoms with van der Waals surface area (Å²) in [5, 5.41) is 3.25. The van der Waals surface area contributed by atoms with Gasteiger partial charge in [-0.3, -0.25) is 0 Å². The molecule has 1 aliphatic carbocycles. The third kappa shape index (κ3) is 2.51. The lowest BCUT2D eigenvalue weighted by Gasteiger charge is -2.21. The molecule has 1 nitrogen and oxygen atoms in total. The third-order valence-corrected chi connectivity index (χ3v) is 2.30. The van der Waals surface area contributed by atoms with Crippen LogP contribution in [-0.4, -0.2) is 13.1 Å². The summed E-state index contributed by atoms with van der Waals surface area (Å²) in [7, 11) is 2.02. The standard InChI is InChI=1S/C10H17N/c1-3-4-9-5-7-10(11-2)8-6-9/h3,5,7,9-11H,1,4,6,8H2,2H3. The van der Waals surface area contributed by atoms with Crippen molar-refractivity contribution in [2.45, 2.75) is 25.3 Å². The molecule has 1 heteroatoms. The van der Waals surface area contributed by atoms with Crippen LogP contribution in [0.15, 0.2) is 24.8 Å². The van der Waals surface area contributed by atoms with Gasteiger partial charge in [0, 0.05) is 6.04 Å². The summed E-state index contributed by atoms with van der Waals surface area (Å²) < 4.78 is 0. The zero-order valence-electron chi connectivity index (χ0n) is 7.22. The van der Waals surface area contributed by atoms with Crippen molar-refractivity contribution in [2.24, 2.45) is 5.92 Å². The van der Waals surface area contributed by atoms with Crippen molar-refractivity contribution in [3.05, 3.63) is 24.8 Å². The van der Waals surface area contributed by atoms with Gasteiger partial charge in [-0.1, -0.05) is 18.2 Å². The van der Waals surface area contributed by atoms with Gasteiger partial charge in [0.1, 0.15) is 0 Å². The predicted molar refractivity (Wildman–Crippen MR) is 49.5 cm³/mol. The molecular formula is C10H17N. The molecule has 1 N–H and O–H groups in total. The molecule has 0 saturated heterocycles. The van der Waals surface area contributed by atoms with Crippen molar-refractivity contribution in [3.8, 4) is 0 Å². The van der Waals surface area contributed by atoms with E-state index >= 15 is 0 Å². The van der Waals surface area contributed by atoms with Crippen LogP contribution in [0.1, 0.15) is 19.3 Å². The summed E-state index contributed by atoms with van der Waals surface area (Å²) in [5.41, 5.74) is 0. The van der Waals surface area contributed by atoms with Gasteiger partial charge in [0.25, 0.3) is 0 Å². The lowest BCUT2D eigenvalue weighted by atomic mass is 9.91. The molecule has 0 spiro atoms. The van der Waals surface area contributed by atoms with E-state index in [1.807, 2.05) is 13.1 Å². The first-order valence-electron chi connectivity index (χ1n) is 4.33. The average molecular weight is 151 g/mol. The maximum absolute atomic E-state index is 3.74. The highest BCUT2D eigenvalue weighted by molar-refractivity contribution is 5.02. The summed E-state index contributed by atoms with van der Waals surface area (Å²) in [4.78, 5) is 0. The van der Waals surface area contributed by atoms with Crippen LogP contribution in [0.5, 0.6) is 0 Å². The van der Waals surface area contributed by atoms with Crippen molar-refractivity contribution in [2.75, 3.05) is 7.05 Å². The van der Waals surface area contributed by atoms with Gasteiger partial charge in [0.2, 0.25) is 0 Å². The molecule has 0 aromatic heterocycles. The molecule has 0 aromatic carbocycles. The lowest BCUT2D eigenvalue weighted by molar-refractivity contribution is 0.479. The number of rotatable bonds is 3. The van der Waals surface area contributed by atoms with Gasteiger partial charge in [0.05, 0.1) is 0 Å². The highest BCUT2D eigenvalue weighted by atomic mass is 14.9. The fourth-order valence-corrected chi connectivity index (χ4v) is 1.53. The first-order valence-corrected chi connectivity index (χ1v) is 4.33. The highest BCUT2D eigenvalue weighted by Crippen LogP contribution is 2.20. The van der Waals surface area contributed by atoms with Gasteiger partial charge in [0.15, 0.2) is 0 Å². The Bertz CT molecular complexity index is 149. The minimum absolute atomic E-state index is 0.607. The molecule has 2 unspecified atom stereocenters. The van der Waals surface area contributed by atoms with Gasteiger partial charge in [-0.25, -0.2) is 0 Å². The van der Waals surface area contributed by atoms with Crippen molar-refractivity contribution in [1.29, 1.82) is 0 Å². The van der Waals surface area contributed by atoms with Crippen LogP contribution in [0, 0.1) is 5.92 Å². The second-order valence-corrected chi connectivity index (χ2v) is 3.14. The molecule has 0 amide bonds. The van der Waals surface area contributed by atoms with Crippen LogP contribution in [0.4, 0.5) is 0 Å². The van der Waals surface area contributed by atoms with E-state index in [1.54, 1.807) is 0 Å². The Labute approximate surface area is 69.2 Å². The minimum Gasteiger partial charge on any atom is -0.314 e. The second-order valence-electron chi connectivity index (χ2n) is 3.14. The van der Waals surface area contributed by atoms with Crippen molar-refractivity contribution in [1.82, 2.24) is 5.32 Å². The maximum atomic E-state index is 3.74. The maximum Gasteiger partial charge on any atom is 0.0247 e. The molecule has 0 aliphatic heterocycles. The van der Waals surface area contributed by atoms with Gasteiger partial charge in [-0.15, -0.1) is 6.58 Å². The topological polar surface area (TPSA) is 12.0 Å². The monoisotopic (exact) mass is 151 g/mol. The van der Waals surface area contributed by atoms with Gasteiger partial charge in [-0.05, 0) is 32.2 Å². The van der Waals surface area contributed by atoms with E-state index in [-0.39, 0.29) is 0 Å². The molecule has 62 valence electrons. The summed E-state index contributed by atoms with van der Waals surface area (Å²) in [5.74, 6) is 0.747. The molecule has 0 saturated carbocycles. The number of likely N-dealkylation sites (N-methyl/N-ethyl adjacent to an activating group) is 1. The van der Waals surface area contributed by atoms with Crippen molar-refractivity contribution >= 4 is 0 Å². The van der Waals surface area contributed by atoms with Crippen LogP contribution in [0.2, 0.25) is 0 Å². The smallest absolute Gasteiger partial charge is 0.0247 e.